The van der Waals surface area contributed by atoms with Crippen LogP contribution in [0.5, 0.6) is 0 Å². The molecule has 0 fully saturated rings. The number of benzene rings is 9. The van der Waals surface area contributed by atoms with Gasteiger partial charge in [-0.3, -0.25) is 0 Å². The van der Waals surface area contributed by atoms with E-state index in [-0.39, 0.29) is 5.41 Å². The average molecular weight is 757 g/mol. The van der Waals surface area contributed by atoms with E-state index in [9.17, 15) is 0 Å². The molecule has 0 radical (unpaired) electrons. The van der Waals surface area contributed by atoms with Crippen molar-refractivity contribution in [3.8, 4) is 22.3 Å². The standard InChI is InChI=1S/C59H48/c1-41-25-35-51-55(37-41)57(48-30-26-42(27-31-48)38-53(44-17-9-5-10-18-44)45-19-11-6-12-20-45)52-36-34-50(59(2,3)4)40-56(52)58(51)49-32-28-43(29-33-49)39-54(46-21-13-7-14-22-46)47-23-15-8-16-24-47/h5-40H,1-4H3. The molecule has 0 spiro atoms. The van der Waals surface area contributed by atoms with Crippen LogP contribution < -0.4 is 0 Å². The number of fused-ring (bicyclic) bond motifs is 2. The third-order valence-electron chi connectivity index (χ3n) is 11.5. The van der Waals surface area contributed by atoms with Crippen LogP contribution >= 0.6 is 0 Å². The zero-order valence-electron chi connectivity index (χ0n) is 34.3. The molecule has 0 aliphatic carbocycles. The Kier molecular flexibility index (Phi) is 10.2. The molecule has 0 aliphatic heterocycles. The minimum Gasteiger partial charge on any atom is -0.0622 e. The van der Waals surface area contributed by atoms with E-state index in [1.807, 2.05) is 0 Å². The highest BCUT2D eigenvalue weighted by atomic mass is 14.2. The Balaban J connectivity index is 1.20. The Labute approximate surface area is 349 Å². The van der Waals surface area contributed by atoms with Crippen LogP contribution in [0.2, 0.25) is 0 Å². The van der Waals surface area contributed by atoms with E-state index >= 15 is 0 Å². The molecule has 9 rings (SSSR count). The minimum absolute atomic E-state index is 0.00299. The lowest BCUT2D eigenvalue weighted by Gasteiger charge is -2.23. The lowest BCUT2D eigenvalue weighted by Crippen LogP contribution is -2.10. The van der Waals surface area contributed by atoms with Crippen molar-refractivity contribution >= 4 is 44.8 Å². The maximum absolute atomic E-state index is 2.45. The van der Waals surface area contributed by atoms with E-state index in [1.165, 1.54) is 99.5 Å². The van der Waals surface area contributed by atoms with E-state index in [4.69, 9.17) is 0 Å². The van der Waals surface area contributed by atoms with Crippen LogP contribution in [-0.2, 0) is 5.41 Å². The van der Waals surface area contributed by atoms with E-state index in [0.717, 1.165) is 0 Å². The molecule has 9 aromatic rings. The van der Waals surface area contributed by atoms with Crippen molar-refractivity contribution < 1.29 is 0 Å². The maximum Gasteiger partial charge on any atom is -0.00263 e. The van der Waals surface area contributed by atoms with Crippen molar-refractivity contribution in [2.24, 2.45) is 0 Å². The first-order valence-corrected chi connectivity index (χ1v) is 20.7. The van der Waals surface area contributed by atoms with Crippen LogP contribution in [0.1, 0.15) is 65.3 Å². The molecule has 9 aromatic carbocycles. The first kappa shape index (κ1) is 37.6. The molecule has 0 unspecified atom stereocenters. The monoisotopic (exact) mass is 756 g/mol. The summed E-state index contributed by atoms with van der Waals surface area (Å²) in [4.78, 5) is 0. The second-order valence-corrected chi connectivity index (χ2v) is 16.6. The largest absolute Gasteiger partial charge is 0.0622 e. The van der Waals surface area contributed by atoms with Gasteiger partial charge in [0.15, 0.2) is 0 Å². The molecule has 59 heavy (non-hydrogen) atoms. The molecule has 0 aliphatic rings. The predicted molar refractivity (Wildman–Crippen MR) is 255 cm³/mol. The van der Waals surface area contributed by atoms with Gasteiger partial charge >= 0.3 is 0 Å². The highest BCUT2D eigenvalue weighted by molar-refractivity contribution is 6.21. The van der Waals surface area contributed by atoms with Crippen LogP contribution in [0.25, 0.3) is 67.1 Å². The third kappa shape index (κ3) is 7.83. The van der Waals surface area contributed by atoms with Crippen LogP contribution in [0, 0.1) is 6.92 Å². The van der Waals surface area contributed by atoms with Crippen molar-refractivity contribution in [2.75, 3.05) is 0 Å². The molecular formula is C59H48. The van der Waals surface area contributed by atoms with Crippen LogP contribution in [0.4, 0.5) is 0 Å². The molecule has 0 bridgehead atoms. The Morgan fingerprint density at radius 2 is 0.712 bits per heavy atom. The fraction of sp³-hybridized carbons (Fsp3) is 0.0847. The van der Waals surface area contributed by atoms with E-state index in [2.05, 4.69) is 246 Å². The maximum atomic E-state index is 2.45. The van der Waals surface area contributed by atoms with Gasteiger partial charge in [-0.15, -0.1) is 0 Å². The van der Waals surface area contributed by atoms with Gasteiger partial charge < -0.3 is 0 Å². The second-order valence-electron chi connectivity index (χ2n) is 16.6. The molecule has 0 aromatic heterocycles. The molecule has 284 valence electrons. The summed E-state index contributed by atoms with van der Waals surface area (Å²) in [7, 11) is 0. The molecule has 0 N–H and O–H groups in total. The summed E-state index contributed by atoms with van der Waals surface area (Å²) in [5.74, 6) is 0. The van der Waals surface area contributed by atoms with Crippen molar-refractivity contribution in [1.82, 2.24) is 0 Å². The van der Waals surface area contributed by atoms with E-state index < -0.39 is 0 Å². The number of rotatable bonds is 8. The quantitative estimate of drug-likeness (QED) is 0.107. The summed E-state index contributed by atoms with van der Waals surface area (Å²) >= 11 is 0. The normalized spacial score (nSPS) is 11.4. The Bertz CT molecular complexity index is 2860. The van der Waals surface area contributed by atoms with Gasteiger partial charge in [-0.05, 0) is 124 Å². The van der Waals surface area contributed by atoms with Gasteiger partial charge in [0.05, 0.1) is 0 Å². The summed E-state index contributed by atoms with van der Waals surface area (Å²) < 4.78 is 0. The lowest BCUT2D eigenvalue weighted by atomic mass is 9.81. The van der Waals surface area contributed by atoms with Gasteiger partial charge in [-0.1, -0.05) is 227 Å². The molecule has 0 atom stereocenters. The van der Waals surface area contributed by atoms with Crippen molar-refractivity contribution in [1.29, 1.82) is 0 Å². The topological polar surface area (TPSA) is 0 Å². The second kappa shape index (κ2) is 16.1. The Hall–Kier alpha value is -7.02. The zero-order chi connectivity index (χ0) is 40.3. The highest BCUT2D eigenvalue weighted by Crippen LogP contribution is 2.45. The van der Waals surface area contributed by atoms with Gasteiger partial charge in [-0.25, -0.2) is 0 Å². The number of aryl methyl sites for hydroxylation is 1. The fourth-order valence-electron chi connectivity index (χ4n) is 8.39. The minimum atomic E-state index is -0.00299. The van der Waals surface area contributed by atoms with Crippen molar-refractivity contribution in [3.05, 3.63) is 251 Å². The van der Waals surface area contributed by atoms with Gasteiger partial charge in [0.2, 0.25) is 0 Å². The van der Waals surface area contributed by atoms with Crippen molar-refractivity contribution in [2.45, 2.75) is 33.1 Å². The van der Waals surface area contributed by atoms with Crippen LogP contribution in [0.15, 0.2) is 206 Å². The lowest BCUT2D eigenvalue weighted by molar-refractivity contribution is 0.591. The molecular weight excluding hydrogens is 709 g/mol. The summed E-state index contributed by atoms with van der Waals surface area (Å²) in [5, 5.41) is 5.08. The fourth-order valence-corrected chi connectivity index (χ4v) is 8.39. The zero-order valence-corrected chi connectivity index (χ0v) is 34.3. The summed E-state index contributed by atoms with van der Waals surface area (Å²) in [6.45, 7) is 9.13. The molecule has 0 heterocycles. The smallest absolute Gasteiger partial charge is 0.00263 e. The van der Waals surface area contributed by atoms with Gasteiger partial charge in [0, 0.05) is 0 Å². The predicted octanol–water partition coefficient (Wildman–Crippen LogP) is 16.1. The third-order valence-corrected chi connectivity index (χ3v) is 11.5. The van der Waals surface area contributed by atoms with Gasteiger partial charge in [0.1, 0.15) is 0 Å². The van der Waals surface area contributed by atoms with Crippen molar-refractivity contribution in [3.63, 3.8) is 0 Å². The van der Waals surface area contributed by atoms with Gasteiger partial charge in [0.25, 0.3) is 0 Å². The SMILES string of the molecule is Cc1ccc2c(-c3ccc(C=C(c4ccccc4)c4ccccc4)cc3)c3cc(C(C)(C)C)ccc3c(-c3ccc(C=C(c4ccccc4)c4ccccc4)cc3)c2c1. The summed E-state index contributed by atoms with van der Waals surface area (Å²) in [5.41, 5.74) is 17.2. The van der Waals surface area contributed by atoms with E-state index in [0.29, 0.717) is 0 Å². The number of hydrogen-bond acceptors (Lipinski definition) is 0. The molecule has 0 saturated carbocycles. The number of hydrogen-bond donors (Lipinski definition) is 0. The van der Waals surface area contributed by atoms with Gasteiger partial charge in [-0.2, -0.15) is 0 Å². The Morgan fingerprint density at radius 3 is 1.08 bits per heavy atom. The van der Waals surface area contributed by atoms with Crippen LogP contribution in [-0.4, -0.2) is 0 Å². The summed E-state index contributed by atoms with van der Waals surface area (Å²) in [6.07, 6.45) is 4.63. The first-order valence-electron chi connectivity index (χ1n) is 20.7. The first-order chi connectivity index (χ1) is 28.8. The molecule has 0 heteroatoms. The van der Waals surface area contributed by atoms with Crippen LogP contribution in [0.3, 0.4) is 0 Å². The Morgan fingerprint density at radius 1 is 0.356 bits per heavy atom. The molecule has 0 nitrogen and oxygen atoms in total. The highest BCUT2D eigenvalue weighted by Gasteiger charge is 2.21. The van der Waals surface area contributed by atoms with E-state index in [1.54, 1.807) is 0 Å². The average Bonchev–Trinajstić information content (AvgIpc) is 3.28. The molecule has 0 amide bonds. The molecule has 0 saturated heterocycles. The summed E-state index contributed by atoms with van der Waals surface area (Å²) in [6, 6.07) is 75.3.